The molecule has 0 fully saturated rings. The van der Waals surface area contributed by atoms with Crippen molar-refractivity contribution in [2.24, 2.45) is 0 Å². The standard InChI is InChI=1S/C14H15F/c1-4-12-9(2)7-10(3)14-8-11(15)5-6-13(12)14/h5-8H,4H2,1-3H3. The third kappa shape index (κ3) is 1.63. The molecular weight excluding hydrogens is 187 g/mol. The van der Waals surface area contributed by atoms with Crippen LogP contribution < -0.4 is 0 Å². The molecule has 0 saturated heterocycles. The summed E-state index contributed by atoms with van der Waals surface area (Å²) in [6, 6.07) is 7.20. The van der Waals surface area contributed by atoms with Crippen molar-refractivity contribution in [3.63, 3.8) is 0 Å². The maximum absolute atomic E-state index is 13.2. The first-order chi connectivity index (χ1) is 7.13. The van der Waals surface area contributed by atoms with E-state index in [2.05, 4.69) is 19.9 Å². The lowest BCUT2D eigenvalue weighted by Gasteiger charge is -2.11. The van der Waals surface area contributed by atoms with Gasteiger partial charge in [-0.3, -0.25) is 0 Å². The van der Waals surface area contributed by atoms with Crippen molar-refractivity contribution in [2.75, 3.05) is 0 Å². The summed E-state index contributed by atoms with van der Waals surface area (Å²) in [7, 11) is 0. The predicted octanol–water partition coefficient (Wildman–Crippen LogP) is 4.16. The van der Waals surface area contributed by atoms with Crippen molar-refractivity contribution in [3.8, 4) is 0 Å². The summed E-state index contributed by atoms with van der Waals surface area (Å²) in [5.41, 5.74) is 3.78. The van der Waals surface area contributed by atoms with Gasteiger partial charge in [0.15, 0.2) is 0 Å². The summed E-state index contributed by atoms with van der Waals surface area (Å²) in [5, 5.41) is 2.23. The van der Waals surface area contributed by atoms with Crippen molar-refractivity contribution < 1.29 is 4.39 Å². The quantitative estimate of drug-likeness (QED) is 0.651. The van der Waals surface area contributed by atoms with Crippen LogP contribution in [0.25, 0.3) is 10.8 Å². The SMILES string of the molecule is CCc1c(C)cc(C)c2cc(F)ccc12. The van der Waals surface area contributed by atoms with Crippen LogP contribution in [0.3, 0.4) is 0 Å². The summed E-state index contributed by atoms with van der Waals surface area (Å²) in [6.07, 6.45) is 0.994. The highest BCUT2D eigenvalue weighted by Crippen LogP contribution is 2.26. The molecule has 0 unspecified atom stereocenters. The lowest BCUT2D eigenvalue weighted by molar-refractivity contribution is 0.629. The summed E-state index contributed by atoms with van der Waals surface area (Å²) < 4.78 is 13.2. The normalized spacial score (nSPS) is 10.9. The number of hydrogen-bond donors (Lipinski definition) is 0. The van der Waals surface area contributed by atoms with Crippen LogP contribution in [0.2, 0.25) is 0 Å². The largest absolute Gasteiger partial charge is 0.207 e. The molecule has 0 N–H and O–H groups in total. The van der Waals surface area contributed by atoms with E-state index in [0.29, 0.717) is 0 Å². The Hall–Kier alpha value is -1.37. The van der Waals surface area contributed by atoms with Crippen LogP contribution in [0, 0.1) is 19.7 Å². The van der Waals surface area contributed by atoms with E-state index in [1.165, 1.54) is 16.5 Å². The van der Waals surface area contributed by atoms with Gasteiger partial charge in [0.25, 0.3) is 0 Å². The molecule has 78 valence electrons. The first-order valence-corrected chi connectivity index (χ1v) is 5.32. The second kappa shape index (κ2) is 3.65. The molecule has 0 saturated carbocycles. The van der Waals surface area contributed by atoms with Crippen LogP contribution in [0.5, 0.6) is 0 Å². The van der Waals surface area contributed by atoms with E-state index in [1.54, 1.807) is 12.1 Å². The van der Waals surface area contributed by atoms with Gasteiger partial charge in [-0.05, 0) is 59.9 Å². The number of aryl methyl sites for hydroxylation is 3. The van der Waals surface area contributed by atoms with Gasteiger partial charge < -0.3 is 0 Å². The first-order valence-electron chi connectivity index (χ1n) is 5.32. The fourth-order valence-electron chi connectivity index (χ4n) is 2.28. The van der Waals surface area contributed by atoms with Crippen molar-refractivity contribution in [1.82, 2.24) is 0 Å². The summed E-state index contributed by atoms with van der Waals surface area (Å²) in [6.45, 7) is 6.29. The van der Waals surface area contributed by atoms with Gasteiger partial charge in [-0.15, -0.1) is 0 Å². The van der Waals surface area contributed by atoms with Gasteiger partial charge >= 0.3 is 0 Å². The highest BCUT2D eigenvalue weighted by Gasteiger charge is 2.06. The van der Waals surface area contributed by atoms with Crippen LogP contribution in [0.4, 0.5) is 4.39 Å². The Labute approximate surface area is 89.7 Å². The van der Waals surface area contributed by atoms with Crippen LogP contribution in [0.1, 0.15) is 23.6 Å². The average Bonchev–Trinajstić information content (AvgIpc) is 2.19. The van der Waals surface area contributed by atoms with Crippen molar-refractivity contribution in [1.29, 1.82) is 0 Å². The van der Waals surface area contributed by atoms with Crippen molar-refractivity contribution in [2.45, 2.75) is 27.2 Å². The van der Waals surface area contributed by atoms with E-state index in [-0.39, 0.29) is 5.82 Å². The van der Waals surface area contributed by atoms with Crippen molar-refractivity contribution >= 4 is 10.8 Å². The Kier molecular flexibility index (Phi) is 2.47. The molecule has 0 aliphatic carbocycles. The Balaban J connectivity index is 2.90. The van der Waals surface area contributed by atoms with Crippen LogP contribution in [-0.2, 0) is 6.42 Å². The molecule has 0 aromatic heterocycles. The molecule has 0 spiro atoms. The molecule has 0 heterocycles. The van der Waals surface area contributed by atoms with Gasteiger partial charge in [-0.25, -0.2) is 4.39 Å². The summed E-state index contributed by atoms with van der Waals surface area (Å²) in [5.74, 6) is -0.156. The second-order valence-corrected chi connectivity index (χ2v) is 4.03. The lowest BCUT2D eigenvalue weighted by Crippen LogP contribution is -1.92. The smallest absolute Gasteiger partial charge is 0.123 e. The molecule has 0 radical (unpaired) electrons. The van der Waals surface area contributed by atoms with E-state index in [4.69, 9.17) is 0 Å². The molecule has 2 rings (SSSR count). The van der Waals surface area contributed by atoms with Gasteiger partial charge in [0, 0.05) is 0 Å². The minimum atomic E-state index is -0.156. The number of hydrogen-bond acceptors (Lipinski definition) is 0. The predicted molar refractivity (Wildman–Crippen MR) is 62.8 cm³/mol. The zero-order valence-electron chi connectivity index (χ0n) is 9.39. The monoisotopic (exact) mass is 202 g/mol. The molecule has 2 aromatic rings. The maximum Gasteiger partial charge on any atom is 0.123 e. The minimum Gasteiger partial charge on any atom is -0.207 e. The number of rotatable bonds is 1. The molecule has 2 aromatic carbocycles. The van der Waals surface area contributed by atoms with E-state index >= 15 is 0 Å². The highest BCUT2D eigenvalue weighted by molar-refractivity contribution is 5.89. The fourth-order valence-corrected chi connectivity index (χ4v) is 2.28. The van der Waals surface area contributed by atoms with Crippen LogP contribution in [0.15, 0.2) is 24.3 Å². The number of fused-ring (bicyclic) bond motifs is 1. The van der Waals surface area contributed by atoms with Gasteiger partial charge in [-0.2, -0.15) is 0 Å². The van der Waals surface area contributed by atoms with E-state index in [1.807, 2.05) is 13.0 Å². The average molecular weight is 202 g/mol. The van der Waals surface area contributed by atoms with E-state index in [9.17, 15) is 4.39 Å². The molecule has 15 heavy (non-hydrogen) atoms. The Morgan fingerprint density at radius 1 is 1.00 bits per heavy atom. The Bertz CT molecular complexity index is 512. The maximum atomic E-state index is 13.2. The lowest BCUT2D eigenvalue weighted by atomic mass is 9.94. The Morgan fingerprint density at radius 3 is 2.40 bits per heavy atom. The minimum absolute atomic E-state index is 0.156. The molecule has 0 amide bonds. The Morgan fingerprint density at radius 2 is 1.73 bits per heavy atom. The number of halogens is 1. The number of benzene rings is 2. The topological polar surface area (TPSA) is 0 Å². The molecule has 0 atom stereocenters. The molecular formula is C14H15F. The zero-order valence-corrected chi connectivity index (χ0v) is 9.39. The van der Waals surface area contributed by atoms with Crippen LogP contribution >= 0.6 is 0 Å². The van der Waals surface area contributed by atoms with E-state index in [0.717, 1.165) is 17.4 Å². The van der Waals surface area contributed by atoms with Gasteiger partial charge in [0.2, 0.25) is 0 Å². The summed E-state index contributed by atoms with van der Waals surface area (Å²) >= 11 is 0. The van der Waals surface area contributed by atoms with E-state index < -0.39 is 0 Å². The molecule has 0 aliphatic rings. The summed E-state index contributed by atoms with van der Waals surface area (Å²) in [4.78, 5) is 0. The third-order valence-electron chi connectivity index (χ3n) is 2.99. The second-order valence-electron chi connectivity index (χ2n) is 4.03. The third-order valence-corrected chi connectivity index (χ3v) is 2.99. The molecule has 0 aliphatic heterocycles. The molecule has 0 bridgehead atoms. The van der Waals surface area contributed by atoms with Gasteiger partial charge in [0.1, 0.15) is 5.82 Å². The van der Waals surface area contributed by atoms with Crippen molar-refractivity contribution in [3.05, 3.63) is 46.8 Å². The molecule has 1 heteroatoms. The zero-order chi connectivity index (χ0) is 11.0. The fraction of sp³-hybridized carbons (Fsp3) is 0.286. The van der Waals surface area contributed by atoms with Gasteiger partial charge in [-0.1, -0.05) is 19.1 Å². The van der Waals surface area contributed by atoms with Crippen LogP contribution in [-0.4, -0.2) is 0 Å². The first kappa shape index (κ1) is 10.2. The van der Waals surface area contributed by atoms with Gasteiger partial charge in [0.05, 0.1) is 0 Å². The highest BCUT2D eigenvalue weighted by atomic mass is 19.1. The molecule has 0 nitrogen and oxygen atoms in total.